The highest BCUT2D eigenvalue weighted by atomic mass is 32.2. The topological polar surface area (TPSA) is 59.8 Å². The van der Waals surface area contributed by atoms with E-state index in [2.05, 4.69) is 28.4 Å². The number of rotatable bonds is 7. The molecule has 0 spiro atoms. The first-order valence-electron chi connectivity index (χ1n) is 8.06. The maximum atomic E-state index is 12.0. The van der Waals surface area contributed by atoms with Crippen molar-refractivity contribution in [3.63, 3.8) is 0 Å². The van der Waals surface area contributed by atoms with Crippen LogP contribution in [0.15, 0.2) is 66.1 Å². The standard InChI is InChI=1S/C19H20N4OS/c1-15-4-2-3-5-18(15)25-12-19(24)21-10-16-6-8-17(9-7-16)11-23-14-20-13-22-23/h2-9,13-14H,10-12H2,1H3,(H,21,24). The van der Waals surface area contributed by atoms with E-state index in [1.54, 1.807) is 22.8 Å². The van der Waals surface area contributed by atoms with Gasteiger partial charge in [-0.2, -0.15) is 5.10 Å². The van der Waals surface area contributed by atoms with Gasteiger partial charge in [-0.25, -0.2) is 9.67 Å². The number of nitrogens with zero attached hydrogens (tertiary/aromatic N) is 3. The predicted octanol–water partition coefficient (Wildman–Crippen LogP) is 3.04. The Bertz CT molecular complexity index is 816. The van der Waals surface area contributed by atoms with Crippen molar-refractivity contribution in [3.8, 4) is 0 Å². The molecular weight excluding hydrogens is 332 g/mol. The van der Waals surface area contributed by atoms with Crippen LogP contribution in [0.1, 0.15) is 16.7 Å². The Morgan fingerprint density at radius 1 is 1.12 bits per heavy atom. The van der Waals surface area contributed by atoms with Gasteiger partial charge in [0.2, 0.25) is 5.91 Å². The largest absolute Gasteiger partial charge is 0.351 e. The Hall–Kier alpha value is -2.60. The molecule has 25 heavy (non-hydrogen) atoms. The minimum atomic E-state index is 0.0416. The van der Waals surface area contributed by atoms with Crippen LogP contribution >= 0.6 is 11.8 Å². The summed E-state index contributed by atoms with van der Waals surface area (Å²) in [6, 6.07) is 16.3. The Labute approximate surface area is 151 Å². The van der Waals surface area contributed by atoms with Gasteiger partial charge in [-0.3, -0.25) is 4.79 Å². The van der Waals surface area contributed by atoms with E-state index in [9.17, 15) is 4.79 Å². The number of amides is 1. The molecule has 0 bridgehead atoms. The van der Waals surface area contributed by atoms with Gasteiger partial charge in [0.05, 0.1) is 12.3 Å². The molecule has 0 aliphatic carbocycles. The molecule has 2 aromatic carbocycles. The summed E-state index contributed by atoms with van der Waals surface area (Å²) in [5.74, 6) is 0.467. The minimum Gasteiger partial charge on any atom is -0.351 e. The third kappa shape index (κ3) is 5.19. The van der Waals surface area contributed by atoms with Gasteiger partial charge in [-0.05, 0) is 29.7 Å². The van der Waals surface area contributed by atoms with Gasteiger partial charge >= 0.3 is 0 Å². The van der Waals surface area contributed by atoms with Crippen LogP contribution in [0.2, 0.25) is 0 Å². The van der Waals surface area contributed by atoms with E-state index in [0.29, 0.717) is 18.8 Å². The summed E-state index contributed by atoms with van der Waals surface area (Å²) in [6.07, 6.45) is 3.22. The van der Waals surface area contributed by atoms with Crippen molar-refractivity contribution in [3.05, 3.63) is 77.9 Å². The first-order valence-corrected chi connectivity index (χ1v) is 9.04. The Morgan fingerprint density at radius 2 is 1.88 bits per heavy atom. The lowest BCUT2D eigenvalue weighted by Gasteiger charge is -2.08. The summed E-state index contributed by atoms with van der Waals surface area (Å²) in [4.78, 5) is 17.1. The molecule has 0 saturated carbocycles. The number of hydrogen-bond acceptors (Lipinski definition) is 4. The fraction of sp³-hybridized carbons (Fsp3) is 0.211. The summed E-state index contributed by atoms with van der Waals surface area (Å²) < 4.78 is 1.78. The van der Waals surface area contributed by atoms with Crippen LogP contribution in [0.5, 0.6) is 0 Å². The molecule has 0 aliphatic heterocycles. The summed E-state index contributed by atoms with van der Waals surface area (Å²) in [6.45, 7) is 3.29. The monoisotopic (exact) mass is 352 g/mol. The Morgan fingerprint density at radius 3 is 2.60 bits per heavy atom. The van der Waals surface area contributed by atoms with Crippen molar-refractivity contribution in [2.24, 2.45) is 0 Å². The van der Waals surface area contributed by atoms with Crippen LogP contribution in [0.25, 0.3) is 0 Å². The number of aryl methyl sites for hydroxylation is 1. The number of carbonyl (C=O) groups excluding carboxylic acids is 1. The van der Waals surface area contributed by atoms with Crippen molar-refractivity contribution in [2.75, 3.05) is 5.75 Å². The van der Waals surface area contributed by atoms with Gasteiger partial charge < -0.3 is 5.32 Å². The van der Waals surface area contributed by atoms with Crippen molar-refractivity contribution in [1.29, 1.82) is 0 Å². The number of aromatic nitrogens is 3. The van der Waals surface area contributed by atoms with Gasteiger partial charge in [-0.1, -0.05) is 42.5 Å². The molecule has 1 amide bonds. The quantitative estimate of drug-likeness (QED) is 0.664. The first-order chi connectivity index (χ1) is 12.2. The molecule has 1 aromatic heterocycles. The Balaban J connectivity index is 1.45. The number of hydrogen-bond donors (Lipinski definition) is 1. The van der Waals surface area contributed by atoms with E-state index in [-0.39, 0.29) is 5.91 Å². The molecule has 0 radical (unpaired) electrons. The third-order valence-corrected chi connectivity index (χ3v) is 4.95. The molecule has 5 nitrogen and oxygen atoms in total. The molecule has 0 aliphatic rings. The highest BCUT2D eigenvalue weighted by Crippen LogP contribution is 2.21. The van der Waals surface area contributed by atoms with Gasteiger partial charge in [0.1, 0.15) is 12.7 Å². The summed E-state index contributed by atoms with van der Waals surface area (Å²) in [7, 11) is 0. The maximum absolute atomic E-state index is 12.0. The van der Waals surface area contributed by atoms with E-state index >= 15 is 0 Å². The van der Waals surface area contributed by atoms with Crippen LogP contribution in [0, 0.1) is 6.92 Å². The summed E-state index contributed by atoms with van der Waals surface area (Å²) in [5.41, 5.74) is 3.43. The maximum Gasteiger partial charge on any atom is 0.230 e. The van der Waals surface area contributed by atoms with Crippen LogP contribution in [0.3, 0.4) is 0 Å². The number of benzene rings is 2. The molecule has 0 fully saturated rings. The zero-order valence-electron chi connectivity index (χ0n) is 14.1. The molecule has 0 saturated heterocycles. The van der Waals surface area contributed by atoms with Crippen molar-refractivity contribution in [1.82, 2.24) is 20.1 Å². The highest BCUT2D eigenvalue weighted by Gasteiger charge is 2.05. The second-order valence-corrected chi connectivity index (χ2v) is 6.76. The van der Waals surface area contributed by atoms with E-state index < -0.39 is 0 Å². The molecule has 128 valence electrons. The average Bonchev–Trinajstić information content (AvgIpc) is 3.13. The van der Waals surface area contributed by atoms with Crippen LogP contribution in [0.4, 0.5) is 0 Å². The smallest absolute Gasteiger partial charge is 0.230 e. The molecular formula is C19H20N4OS. The number of thioether (sulfide) groups is 1. The molecule has 1 N–H and O–H groups in total. The Kier molecular flexibility index (Phi) is 5.85. The van der Waals surface area contributed by atoms with Crippen molar-refractivity contribution < 1.29 is 4.79 Å². The normalized spacial score (nSPS) is 10.6. The molecule has 0 atom stereocenters. The van der Waals surface area contributed by atoms with Crippen LogP contribution < -0.4 is 5.32 Å². The summed E-state index contributed by atoms with van der Waals surface area (Å²) >= 11 is 1.57. The SMILES string of the molecule is Cc1ccccc1SCC(=O)NCc1ccc(Cn2cncn2)cc1. The van der Waals surface area contributed by atoms with Crippen LogP contribution in [-0.4, -0.2) is 26.4 Å². The van der Waals surface area contributed by atoms with E-state index in [4.69, 9.17) is 0 Å². The molecule has 0 unspecified atom stereocenters. The van der Waals surface area contributed by atoms with Gasteiger partial charge in [0, 0.05) is 11.4 Å². The second-order valence-electron chi connectivity index (χ2n) is 5.74. The number of carbonyl (C=O) groups is 1. The van der Waals surface area contributed by atoms with E-state index in [1.165, 1.54) is 11.9 Å². The molecule has 1 heterocycles. The second kappa shape index (κ2) is 8.48. The molecule has 3 rings (SSSR count). The zero-order chi connectivity index (χ0) is 17.5. The van der Waals surface area contributed by atoms with E-state index in [1.807, 2.05) is 42.5 Å². The highest BCUT2D eigenvalue weighted by molar-refractivity contribution is 8.00. The average molecular weight is 352 g/mol. The van der Waals surface area contributed by atoms with Gasteiger partial charge in [0.25, 0.3) is 0 Å². The lowest BCUT2D eigenvalue weighted by atomic mass is 10.1. The fourth-order valence-electron chi connectivity index (χ4n) is 2.38. The molecule has 6 heteroatoms. The van der Waals surface area contributed by atoms with Crippen molar-refractivity contribution >= 4 is 17.7 Å². The lowest BCUT2D eigenvalue weighted by molar-refractivity contribution is -0.118. The number of nitrogens with one attached hydrogen (secondary N) is 1. The lowest BCUT2D eigenvalue weighted by Crippen LogP contribution is -2.24. The minimum absolute atomic E-state index is 0.0416. The zero-order valence-corrected chi connectivity index (χ0v) is 14.9. The van der Waals surface area contributed by atoms with E-state index in [0.717, 1.165) is 16.0 Å². The summed E-state index contributed by atoms with van der Waals surface area (Å²) in [5, 5.41) is 7.06. The van der Waals surface area contributed by atoms with Gasteiger partial charge in [-0.15, -0.1) is 11.8 Å². The molecule has 3 aromatic rings. The van der Waals surface area contributed by atoms with Gasteiger partial charge in [0.15, 0.2) is 0 Å². The van der Waals surface area contributed by atoms with Crippen LogP contribution in [-0.2, 0) is 17.9 Å². The third-order valence-electron chi connectivity index (χ3n) is 3.78. The predicted molar refractivity (Wildman–Crippen MR) is 99.3 cm³/mol. The first kappa shape index (κ1) is 17.2. The fourth-order valence-corrected chi connectivity index (χ4v) is 3.24. The van der Waals surface area contributed by atoms with Crippen molar-refractivity contribution in [2.45, 2.75) is 24.9 Å².